The number of aliphatic hydroxyl groups excluding tert-OH is 1. The number of nitrogens with one attached hydrogen (secondary N) is 1. The maximum Gasteiger partial charge on any atom is 0.271 e. The second kappa shape index (κ2) is 6.87. The monoisotopic (exact) mass is 312 g/mol. The smallest absolute Gasteiger partial charge is 0.271 e. The number of halogens is 1. The summed E-state index contributed by atoms with van der Waals surface area (Å²) in [7, 11) is 0. The molecule has 1 aliphatic carbocycles. The summed E-state index contributed by atoms with van der Waals surface area (Å²) in [5.74, 6) is -0.358. The molecule has 2 atom stereocenters. The number of non-ortho nitro benzene ring substituents is 1. The van der Waals surface area contributed by atoms with Crippen molar-refractivity contribution in [1.82, 2.24) is 5.32 Å². The molecule has 0 radical (unpaired) electrons. The molecule has 2 rings (SSSR count). The fourth-order valence-electron chi connectivity index (χ4n) is 2.68. The second-order valence-corrected chi connectivity index (χ2v) is 5.70. The van der Waals surface area contributed by atoms with E-state index in [1.807, 2.05) is 0 Å². The van der Waals surface area contributed by atoms with Gasteiger partial charge in [0.05, 0.1) is 4.92 Å². The van der Waals surface area contributed by atoms with Crippen LogP contribution in [0, 0.1) is 16.0 Å². The standard InChI is InChI=1S/C14H17ClN2O4/c15-11-5-10(6-12(7-11)17(20)21)14(19)16-13-4-2-1-3-9(13)8-18/h5-7,9,13,18H,1-4,8H2,(H,16,19). The molecular formula is C14H17ClN2O4. The van der Waals surface area contributed by atoms with Crippen molar-refractivity contribution in [2.45, 2.75) is 31.7 Å². The van der Waals surface area contributed by atoms with Crippen LogP contribution in [0.2, 0.25) is 5.02 Å². The predicted molar refractivity (Wildman–Crippen MR) is 78.4 cm³/mol. The van der Waals surface area contributed by atoms with Crippen molar-refractivity contribution in [3.8, 4) is 0 Å². The van der Waals surface area contributed by atoms with E-state index in [2.05, 4.69) is 5.32 Å². The second-order valence-electron chi connectivity index (χ2n) is 5.26. The first-order chi connectivity index (χ1) is 10.0. The predicted octanol–water partition coefficient (Wildman–Crippen LogP) is 2.53. The molecule has 0 aromatic heterocycles. The number of benzene rings is 1. The van der Waals surface area contributed by atoms with Gasteiger partial charge in [0.2, 0.25) is 0 Å². The minimum absolute atomic E-state index is 0.0284. The Labute approximate surface area is 127 Å². The van der Waals surface area contributed by atoms with Gasteiger partial charge < -0.3 is 10.4 Å². The van der Waals surface area contributed by atoms with Crippen LogP contribution >= 0.6 is 11.6 Å². The SMILES string of the molecule is O=C(NC1CCCCC1CO)c1cc(Cl)cc([N+](=O)[O-])c1. The van der Waals surface area contributed by atoms with Gasteiger partial charge in [-0.1, -0.05) is 24.4 Å². The van der Waals surface area contributed by atoms with Crippen molar-refractivity contribution < 1.29 is 14.8 Å². The highest BCUT2D eigenvalue weighted by atomic mass is 35.5. The molecule has 114 valence electrons. The van der Waals surface area contributed by atoms with Gasteiger partial charge in [-0.2, -0.15) is 0 Å². The number of nitro benzene ring substituents is 1. The Morgan fingerprint density at radius 3 is 2.76 bits per heavy atom. The average Bonchev–Trinajstić information content (AvgIpc) is 2.47. The lowest BCUT2D eigenvalue weighted by atomic mass is 9.85. The highest BCUT2D eigenvalue weighted by Gasteiger charge is 2.26. The van der Waals surface area contributed by atoms with E-state index in [9.17, 15) is 20.0 Å². The Morgan fingerprint density at radius 2 is 2.10 bits per heavy atom. The summed E-state index contributed by atoms with van der Waals surface area (Å²) < 4.78 is 0. The molecule has 0 aliphatic heterocycles. The zero-order valence-electron chi connectivity index (χ0n) is 11.4. The number of aliphatic hydroxyl groups is 1. The van der Waals surface area contributed by atoms with Crippen molar-refractivity contribution in [3.05, 3.63) is 38.9 Å². The Bertz CT molecular complexity index is 550. The van der Waals surface area contributed by atoms with Gasteiger partial charge in [-0.05, 0) is 18.9 Å². The fourth-order valence-corrected chi connectivity index (χ4v) is 2.91. The molecule has 1 amide bonds. The van der Waals surface area contributed by atoms with E-state index in [1.165, 1.54) is 18.2 Å². The third-order valence-electron chi connectivity index (χ3n) is 3.82. The highest BCUT2D eigenvalue weighted by Crippen LogP contribution is 2.25. The Balaban J connectivity index is 2.14. The van der Waals surface area contributed by atoms with Gasteiger partial charge in [0.15, 0.2) is 0 Å². The van der Waals surface area contributed by atoms with Crippen molar-refractivity contribution >= 4 is 23.2 Å². The summed E-state index contributed by atoms with van der Waals surface area (Å²) in [5, 5.41) is 23.1. The van der Waals surface area contributed by atoms with Gasteiger partial charge in [0.1, 0.15) is 0 Å². The molecule has 7 heteroatoms. The van der Waals surface area contributed by atoms with E-state index < -0.39 is 10.8 Å². The highest BCUT2D eigenvalue weighted by molar-refractivity contribution is 6.31. The van der Waals surface area contributed by atoms with E-state index >= 15 is 0 Å². The van der Waals surface area contributed by atoms with E-state index in [0.717, 1.165) is 25.7 Å². The number of hydrogen-bond acceptors (Lipinski definition) is 4. The first-order valence-corrected chi connectivity index (χ1v) is 7.25. The Hall–Kier alpha value is -1.66. The normalized spacial score (nSPS) is 21.8. The first-order valence-electron chi connectivity index (χ1n) is 6.88. The maximum atomic E-state index is 12.2. The van der Waals surface area contributed by atoms with Crippen molar-refractivity contribution in [2.75, 3.05) is 6.61 Å². The van der Waals surface area contributed by atoms with Crippen molar-refractivity contribution in [1.29, 1.82) is 0 Å². The minimum atomic E-state index is -0.584. The third-order valence-corrected chi connectivity index (χ3v) is 4.03. The van der Waals surface area contributed by atoms with Crippen LogP contribution in [0.1, 0.15) is 36.0 Å². The molecule has 2 unspecified atom stereocenters. The Kier molecular flexibility index (Phi) is 5.14. The van der Waals surface area contributed by atoms with Crippen LogP contribution in [0.25, 0.3) is 0 Å². The minimum Gasteiger partial charge on any atom is -0.396 e. The van der Waals surface area contributed by atoms with E-state index in [0.29, 0.717) is 0 Å². The molecule has 1 aromatic rings. The van der Waals surface area contributed by atoms with Gasteiger partial charge in [0, 0.05) is 41.3 Å². The summed E-state index contributed by atoms with van der Waals surface area (Å²) in [6.45, 7) is 0.0284. The number of hydrogen-bond donors (Lipinski definition) is 2. The molecular weight excluding hydrogens is 296 g/mol. The van der Waals surface area contributed by atoms with Gasteiger partial charge in [-0.15, -0.1) is 0 Å². The summed E-state index contributed by atoms with van der Waals surface area (Å²) in [5.41, 5.74) is -0.0496. The quantitative estimate of drug-likeness (QED) is 0.660. The summed E-state index contributed by atoms with van der Waals surface area (Å²) >= 11 is 5.81. The number of amides is 1. The van der Waals surface area contributed by atoms with Crippen LogP contribution in [-0.2, 0) is 0 Å². The van der Waals surface area contributed by atoms with Crippen molar-refractivity contribution in [3.63, 3.8) is 0 Å². The van der Waals surface area contributed by atoms with Gasteiger partial charge in [-0.3, -0.25) is 14.9 Å². The number of nitro groups is 1. The summed E-state index contributed by atoms with van der Waals surface area (Å²) in [6.07, 6.45) is 3.72. The van der Waals surface area contributed by atoms with E-state index in [-0.39, 0.29) is 34.8 Å². The zero-order chi connectivity index (χ0) is 15.4. The lowest BCUT2D eigenvalue weighted by Crippen LogP contribution is -2.43. The van der Waals surface area contributed by atoms with Gasteiger partial charge in [0.25, 0.3) is 11.6 Å². The van der Waals surface area contributed by atoms with E-state index in [1.54, 1.807) is 0 Å². The van der Waals surface area contributed by atoms with Crippen LogP contribution in [0.3, 0.4) is 0 Å². The molecule has 1 saturated carbocycles. The van der Waals surface area contributed by atoms with Crippen LogP contribution in [0.15, 0.2) is 18.2 Å². The maximum absolute atomic E-state index is 12.2. The Morgan fingerprint density at radius 1 is 1.38 bits per heavy atom. The molecule has 0 spiro atoms. The number of nitrogens with zero attached hydrogens (tertiary/aromatic N) is 1. The fraction of sp³-hybridized carbons (Fsp3) is 0.500. The molecule has 1 aromatic carbocycles. The molecule has 0 saturated heterocycles. The van der Waals surface area contributed by atoms with E-state index in [4.69, 9.17) is 11.6 Å². The zero-order valence-corrected chi connectivity index (χ0v) is 12.2. The van der Waals surface area contributed by atoms with Crippen LogP contribution in [0.4, 0.5) is 5.69 Å². The molecule has 0 heterocycles. The molecule has 1 aliphatic rings. The molecule has 0 bridgehead atoms. The molecule has 21 heavy (non-hydrogen) atoms. The molecule has 2 N–H and O–H groups in total. The largest absolute Gasteiger partial charge is 0.396 e. The number of carbonyl (C=O) groups excluding carboxylic acids is 1. The molecule has 6 nitrogen and oxygen atoms in total. The summed E-state index contributed by atoms with van der Waals surface area (Å²) in [6, 6.07) is 3.71. The van der Waals surface area contributed by atoms with Gasteiger partial charge >= 0.3 is 0 Å². The lowest BCUT2D eigenvalue weighted by molar-refractivity contribution is -0.384. The molecule has 1 fully saturated rings. The topological polar surface area (TPSA) is 92.5 Å². The lowest BCUT2D eigenvalue weighted by Gasteiger charge is -2.30. The van der Waals surface area contributed by atoms with Gasteiger partial charge in [-0.25, -0.2) is 0 Å². The van der Waals surface area contributed by atoms with Crippen LogP contribution in [-0.4, -0.2) is 28.6 Å². The average molecular weight is 313 g/mol. The van der Waals surface area contributed by atoms with Crippen LogP contribution in [0.5, 0.6) is 0 Å². The van der Waals surface area contributed by atoms with Crippen LogP contribution < -0.4 is 5.32 Å². The third kappa shape index (κ3) is 3.92. The number of rotatable bonds is 4. The summed E-state index contributed by atoms with van der Waals surface area (Å²) in [4.78, 5) is 22.4. The number of carbonyl (C=O) groups is 1. The van der Waals surface area contributed by atoms with Crippen molar-refractivity contribution in [2.24, 2.45) is 5.92 Å². The first kappa shape index (κ1) is 15.7.